The Morgan fingerprint density at radius 2 is 1.59 bits per heavy atom. The van der Waals surface area contributed by atoms with E-state index in [-0.39, 0.29) is 0 Å². The minimum Gasteiger partial charge on any atom is -0.314 e. The van der Waals surface area contributed by atoms with E-state index in [1.54, 1.807) is 0 Å². The van der Waals surface area contributed by atoms with Crippen molar-refractivity contribution in [1.82, 2.24) is 10.2 Å². The van der Waals surface area contributed by atoms with Crippen LogP contribution in [0.2, 0.25) is 0 Å². The lowest BCUT2D eigenvalue weighted by Crippen LogP contribution is -2.59. The average molecular weight is 240 g/mol. The Hall–Kier alpha value is -0.0800. The normalized spacial score (nSPS) is 20.6. The van der Waals surface area contributed by atoms with Crippen molar-refractivity contribution in [2.75, 3.05) is 26.7 Å². The number of hydrogen-bond donors (Lipinski definition) is 1. The number of rotatable bonds is 8. The van der Waals surface area contributed by atoms with Crippen molar-refractivity contribution in [3.8, 4) is 0 Å². The Morgan fingerprint density at radius 3 is 2.06 bits per heavy atom. The van der Waals surface area contributed by atoms with E-state index in [2.05, 4.69) is 31.1 Å². The molecule has 1 aliphatic rings. The lowest BCUT2D eigenvalue weighted by Gasteiger charge is -2.46. The summed E-state index contributed by atoms with van der Waals surface area (Å²) in [5, 5.41) is 3.62. The predicted molar refractivity (Wildman–Crippen MR) is 76.5 cm³/mol. The van der Waals surface area contributed by atoms with Crippen LogP contribution >= 0.6 is 0 Å². The molecular weight excluding hydrogens is 208 g/mol. The maximum atomic E-state index is 3.62. The zero-order valence-electron chi connectivity index (χ0n) is 12.2. The maximum Gasteiger partial charge on any atom is 0.0331 e. The third-order valence-electron chi connectivity index (χ3n) is 4.38. The van der Waals surface area contributed by atoms with Gasteiger partial charge in [0.25, 0.3) is 0 Å². The molecule has 0 aromatic carbocycles. The summed E-state index contributed by atoms with van der Waals surface area (Å²) in [4.78, 5) is 2.63. The number of hydrogen-bond acceptors (Lipinski definition) is 2. The molecule has 1 saturated heterocycles. The van der Waals surface area contributed by atoms with Crippen molar-refractivity contribution in [2.45, 2.75) is 70.8 Å². The van der Waals surface area contributed by atoms with Crippen LogP contribution in [0.3, 0.4) is 0 Å². The van der Waals surface area contributed by atoms with E-state index >= 15 is 0 Å². The molecule has 0 amide bonds. The van der Waals surface area contributed by atoms with Gasteiger partial charge in [0.2, 0.25) is 0 Å². The average Bonchev–Trinajstić information content (AvgIpc) is 2.33. The molecule has 0 aromatic rings. The molecule has 0 aromatic heterocycles. The van der Waals surface area contributed by atoms with Crippen molar-refractivity contribution in [1.29, 1.82) is 0 Å². The van der Waals surface area contributed by atoms with Crippen molar-refractivity contribution < 1.29 is 0 Å². The highest BCUT2D eigenvalue weighted by Gasteiger charge is 2.35. The SMILES string of the molecule is CCCCCC1(CCCCC)CNCCN1C. The van der Waals surface area contributed by atoms with Gasteiger partial charge in [0.15, 0.2) is 0 Å². The van der Waals surface area contributed by atoms with Crippen LogP contribution < -0.4 is 5.32 Å². The molecular formula is C15H32N2. The van der Waals surface area contributed by atoms with Crippen molar-refractivity contribution in [2.24, 2.45) is 0 Å². The van der Waals surface area contributed by atoms with Gasteiger partial charge in [0.05, 0.1) is 0 Å². The lowest BCUT2D eigenvalue weighted by atomic mass is 9.83. The van der Waals surface area contributed by atoms with Crippen molar-refractivity contribution in [3.05, 3.63) is 0 Å². The van der Waals surface area contributed by atoms with Gasteiger partial charge in [-0.1, -0.05) is 52.4 Å². The first-order chi connectivity index (χ1) is 8.25. The molecule has 102 valence electrons. The van der Waals surface area contributed by atoms with Crippen LogP contribution in [0, 0.1) is 0 Å². The van der Waals surface area contributed by atoms with Gasteiger partial charge in [-0.3, -0.25) is 4.90 Å². The molecule has 0 bridgehead atoms. The van der Waals surface area contributed by atoms with Crippen LogP contribution in [-0.4, -0.2) is 37.1 Å². The molecule has 0 spiro atoms. The van der Waals surface area contributed by atoms with Crippen LogP contribution in [0.1, 0.15) is 65.2 Å². The van der Waals surface area contributed by atoms with E-state index in [0.717, 1.165) is 0 Å². The zero-order chi connectivity index (χ0) is 12.6. The molecule has 0 atom stereocenters. The predicted octanol–water partition coefficient (Wildman–Crippen LogP) is 3.42. The molecule has 1 rings (SSSR count). The van der Waals surface area contributed by atoms with E-state index < -0.39 is 0 Å². The Balaban J connectivity index is 2.48. The number of nitrogens with zero attached hydrogens (tertiary/aromatic N) is 1. The molecule has 0 aliphatic carbocycles. The summed E-state index contributed by atoms with van der Waals surface area (Å²) in [7, 11) is 2.33. The first-order valence-electron chi connectivity index (χ1n) is 7.67. The Bertz CT molecular complexity index is 181. The summed E-state index contributed by atoms with van der Waals surface area (Å²) in [6.07, 6.45) is 11.0. The van der Waals surface area contributed by atoms with Gasteiger partial charge >= 0.3 is 0 Å². The first kappa shape index (κ1) is 15.0. The number of piperazine rings is 1. The van der Waals surface area contributed by atoms with Gasteiger partial charge < -0.3 is 5.32 Å². The minimum absolute atomic E-state index is 0.461. The van der Waals surface area contributed by atoms with Gasteiger partial charge in [-0.05, 0) is 19.9 Å². The zero-order valence-corrected chi connectivity index (χ0v) is 12.2. The third kappa shape index (κ3) is 4.59. The molecule has 1 heterocycles. The van der Waals surface area contributed by atoms with Crippen LogP contribution in [0.4, 0.5) is 0 Å². The molecule has 2 nitrogen and oxygen atoms in total. The molecule has 17 heavy (non-hydrogen) atoms. The highest BCUT2D eigenvalue weighted by atomic mass is 15.2. The van der Waals surface area contributed by atoms with Gasteiger partial charge in [-0.2, -0.15) is 0 Å². The van der Waals surface area contributed by atoms with Crippen LogP contribution in [0.25, 0.3) is 0 Å². The molecule has 1 aliphatic heterocycles. The second-order valence-electron chi connectivity index (χ2n) is 5.74. The van der Waals surface area contributed by atoms with E-state index in [1.165, 1.54) is 71.0 Å². The van der Waals surface area contributed by atoms with E-state index in [9.17, 15) is 0 Å². The van der Waals surface area contributed by atoms with Gasteiger partial charge in [-0.15, -0.1) is 0 Å². The summed E-state index contributed by atoms with van der Waals surface area (Å²) >= 11 is 0. The Kier molecular flexibility index (Phi) is 7.14. The highest BCUT2D eigenvalue weighted by molar-refractivity contribution is 4.94. The molecule has 0 saturated carbocycles. The van der Waals surface area contributed by atoms with Gasteiger partial charge in [-0.25, -0.2) is 0 Å². The molecule has 0 unspecified atom stereocenters. The molecule has 2 heteroatoms. The quantitative estimate of drug-likeness (QED) is 0.654. The fourth-order valence-electron chi connectivity index (χ4n) is 3.03. The molecule has 1 fully saturated rings. The van der Waals surface area contributed by atoms with Crippen LogP contribution in [-0.2, 0) is 0 Å². The summed E-state index contributed by atoms with van der Waals surface area (Å²) in [5.41, 5.74) is 0.461. The van der Waals surface area contributed by atoms with E-state index in [1.807, 2.05) is 0 Å². The summed E-state index contributed by atoms with van der Waals surface area (Å²) in [5.74, 6) is 0. The maximum absolute atomic E-state index is 3.62. The van der Waals surface area contributed by atoms with E-state index in [0.29, 0.717) is 5.54 Å². The second kappa shape index (κ2) is 8.10. The number of likely N-dealkylation sites (N-methyl/N-ethyl adjacent to an activating group) is 1. The van der Waals surface area contributed by atoms with Gasteiger partial charge in [0.1, 0.15) is 0 Å². The molecule has 1 N–H and O–H groups in total. The van der Waals surface area contributed by atoms with E-state index in [4.69, 9.17) is 0 Å². The number of nitrogens with one attached hydrogen (secondary N) is 1. The summed E-state index contributed by atoms with van der Waals surface area (Å²) in [6, 6.07) is 0. The molecule has 0 radical (unpaired) electrons. The fraction of sp³-hybridized carbons (Fsp3) is 1.00. The Morgan fingerprint density at radius 1 is 1.00 bits per heavy atom. The number of unbranched alkanes of at least 4 members (excludes halogenated alkanes) is 4. The van der Waals surface area contributed by atoms with Crippen molar-refractivity contribution >= 4 is 0 Å². The summed E-state index contributed by atoms with van der Waals surface area (Å²) in [6.45, 7) is 8.19. The standard InChI is InChI=1S/C15H32N2/c1-4-6-8-10-15(11-9-7-5-2)14-16-12-13-17(15)3/h16H,4-14H2,1-3H3. The highest BCUT2D eigenvalue weighted by Crippen LogP contribution is 2.29. The topological polar surface area (TPSA) is 15.3 Å². The Labute approximate surface area is 108 Å². The second-order valence-corrected chi connectivity index (χ2v) is 5.74. The van der Waals surface area contributed by atoms with Crippen LogP contribution in [0.5, 0.6) is 0 Å². The lowest BCUT2D eigenvalue weighted by molar-refractivity contribution is 0.0650. The summed E-state index contributed by atoms with van der Waals surface area (Å²) < 4.78 is 0. The third-order valence-corrected chi connectivity index (χ3v) is 4.38. The monoisotopic (exact) mass is 240 g/mol. The van der Waals surface area contributed by atoms with Gasteiger partial charge in [0, 0.05) is 25.2 Å². The largest absolute Gasteiger partial charge is 0.314 e. The van der Waals surface area contributed by atoms with Crippen molar-refractivity contribution in [3.63, 3.8) is 0 Å². The first-order valence-corrected chi connectivity index (χ1v) is 7.67. The van der Waals surface area contributed by atoms with Crippen LogP contribution in [0.15, 0.2) is 0 Å². The smallest absolute Gasteiger partial charge is 0.0331 e. The minimum atomic E-state index is 0.461. The fourth-order valence-corrected chi connectivity index (χ4v) is 3.03.